The Morgan fingerprint density at radius 1 is 1.23 bits per heavy atom. The quantitative estimate of drug-likeness (QED) is 0.439. The van der Waals surface area contributed by atoms with Gasteiger partial charge in [-0.3, -0.25) is 4.79 Å². The van der Waals surface area contributed by atoms with E-state index in [0.29, 0.717) is 6.07 Å². The van der Waals surface area contributed by atoms with Gasteiger partial charge in [-0.25, -0.2) is 8.78 Å². The third-order valence-electron chi connectivity index (χ3n) is 1.47. The molecule has 1 nitrogen and oxygen atoms in total. The number of hydrogen-bond donors (Lipinski definition) is 0. The lowest BCUT2D eigenvalue weighted by molar-refractivity contribution is 0.101. The molecule has 0 saturated heterocycles. The molecule has 0 N–H and O–H groups in total. The summed E-state index contributed by atoms with van der Waals surface area (Å²) in [5.74, 6) is -2.06. The molecule has 0 saturated carbocycles. The van der Waals surface area contributed by atoms with Crippen molar-refractivity contribution in [3.63, 3.8) is 0 Å². The van der Waals surface area contributed by atoms with Gasteiger partial charge in [0.25, 0.3) is 0 Å². The van der Waals surface area contributed by atoms with Crippen LogP contribution in [0.5, 0.6) is 0 Å². The van der Waals surface area contributed by atoms with Crippen molar-refractivity contribution in [2.75, 3.05) is 0 Å². The lowest BCUT2D eigenvalue weighted by Gasteiger charge is -2.04. The topological polar surface area (TPSA) is 17.1 Å². The van der Waals surface area contributed by atoms with Gasteiger partial charge in [-0.15, -0.1) is 0 Å². The number of halogens is 4. The molecule has 13 heavy (non-hydrogen) atoms. The van der Waals surface area contributed by atoms with Crippen molar-refractivity contribution in [2.45, 2.75) is 6.92 Å². The molecular formula is C8H4Br2F2O. The molecule has 0 aliphatic rings. The molecule has 0 fully saturated rings. The predicted octanol–water partition coefficient (Wildman–Crippen LogP) is 3.69. The first-order chi connectivity index (χ1) is 5.95. The molecule has 0 spiro atoms. The van der Waals surface area contributed by atoms with Crippen molar-refractivity contribution >= 4 is 37.6 Å². The third-order valence-corrected chi connectivity index (χ3v) is 3.57. The van der Waals surface area contributed by atoms with E-state index in [2.05, 4.69) is 31.9 Å². The van der Waals surface area contributed by atoms with Gasteiger partial charge >= 0.3 is 0 Å². The Hall–Kier alpha value is -0.290. The van der Waals surface area contributed by atoms with Gasteiger partial charge in [0.1, 0.15) is 11.6 Å². The molecule has 70 valence electrons. The maximum Gasteiger partial charge on any atom is 0.163 e. The minimum absolute atomic E-state index is 0.0547. The van der Waals surface area contributed by atoms with Crippen LogP contribution in [0.1, 0.15) is 17.3 Å². The number of ketones is 1. The Labute approximate surface area is 90.4 Å². The molecular weight excluding hydrogens is 310 g/mol. The fourth-order valence-electron chi connectivity index (χ4n) is 0.889. The fraction of sp³-hybridized carbons (Fsp3) is 0.125. The van der Waals surface area contributed by atoms with Crippen LogP contribution in [0.15, 0.2) is 15.0 Å². The van der Waals surface area contributed by atoms with E-state index in [1.54, 1.807) is 0 Å². The third kappa shape index (κ3) is 1.96. The highest BCUT2D eigenvalue weighted by molar-refractivity contribution is 9.13. The summed E-state index contributed by atoms with van der Waals surface area (Å²) >= 11 is 5.83. The minimum atomic E-state index is -0.861. The first-order valence-corrected chi connectivity index (χ1v) is 4.87. The van der Waals surface area contributed by atoms with Crippen molar-refractivity contribution in [1.82, 2.24) is 0 Å². The normalized spacial score (nSPS) is 10.2. The standard InChI is InChI=1S/C8H4Br2F2O/c1-3(13)6-4(11)2-5(12)7(9)8(6)10/h2H,1H3. The summed E-state index contributed by atoms with van der Waals surface area (Å²) in [6, 6.07) is 0.672. The molecule has 0 unspecified atom stereocenters. The molecule has 0 aromatic heterocycles. The van der Waals surface area contributed by atoms with E-state index < -0.39 is 17.4 Å². The van der Waals surface area contributed by atoms with Crippen LogP contribution in [0, 0.1) is 11.6 Å². The van der Waals surface area contributed by atoms with Gasteiger partial charge in [-0.2, -0.15) is 0 Å². The molecule has 0 amide bonds. The molecule has 0 radical (unpaired) electrons. The van der Waals surface area contributed by atoms with Crippen LogP contribution in [0.4, 0.5) is 8.78 Å². The smallest absolute Gasteiger partial charge is 0.163 e. The molecule has 0 bridgehead atoms. The molecule has 5 heteroatoms. The summed E-state index contributed by atoms with van der Waals surface area (Å²) in [4.78, 5) is 10.9. The van der Waals surface area contributed by atoms with Gasteiger partial charge in [-0.1, -0.05) is 0 Å². The second-order valence-electron chi connectivity index (χ2n) is 2.40. The van der Waals surface area contributed by atoms with Crippen molar-refractivity contribution in [2.24, 2.45) is 0 Å². The maximum absolute atomic E-state index is 13.0. The van der Waals surface area contributed by atoms with Gasteiger partial charge in [0, 0.05) is 10.5 Å². The average Bonchev–Trinajstić information content (AvgIpc) is 1.99. The van der Waals surface area contributed by atoms with Crippen LogP contribution in [0.2, 0.25) is 0 Å². The second-order valence-corrected chi connectivity index (χ2v) is 3.99. The van der Waals surface area contributed by atoms with E-state index >= 15 is 0 Å². The predicted molar refractivity (Wildman–Crippen MR) is 51.8 cm³/mol. The zero-order valence-corrected chi connectivity index (χ0v) is 9.67. The number of carbonyl (C=O) groups is 1. The highest BCUT2D eigenvalue weighted by atomic mass is 79.9. The molecule has 1 aromatic rings. The van der Waals surface area contributed by atoms with E-state index in [-0.39, 0.29) is 14.5 Å². The highest BCUT2D eigenvalue weighted by Crippen LogP contribution is 2.31. The zero-order chi connectivity index (χ0) is 10.2. The average molecular weight is 314 g/mol. The number of benzene rings is 1. The van der Waals surface area contributed by atoms with E-state index in [1.165, 1.54) is 6.92 Å². The first kappa shape index (κ1) is 10.8. The van der Waals surface area contributed by atoms with E-state index in [9.17, 15) is 13.6 Å². The Balaban J connectivity index is 3.53. The van der Waals surface area contributed by atoms with Gasteiger partial charge < -0.3 is 0 Å². The Morgan fingerprint density at radius 2 is 1.77 bits per heavy atom. The summed E-state index contributed by atoms with van der Waals surface area (Å²) in [6.45, 7) is 1.22. The molecule has 0 aliphatic heterocycles. The molecule has 1 rings (SSSR count). The van der Waals surface area contributed by atoms with Crippen molar-refractivity contribution in [3.05, 3.63) is 32.2 Å². The molecule has 0 heterocycles. The van der Waals surface area contributed by atoms with Gasteiger partial charge in [-0.05, 0) is 38.8 Å². The van der Waals surface area contributed by atoms with E-state index in [1.807, 2.05) is 0 Å². The molecule has 0 aliphatic carbocycles. The largest absolute Gasteiger partial charge is 0.294 e. The monoisotopic (exact) mass is 312 g/mol. The summed E-state index contributed by atoms with van der Waals surface area (Å²) in [5.41, 5.74) is -0.145. The molecule has 1 aromatic carbocycles. The van der Waals surface area contributed by atoms with Crippen LogP contribution >= 0.6 is 31.9 Å². The van der Waals surface area contributed by atoms with Crippen molar-refractivity contribution in [1.29, 1.82) is 0 Å². The minimum Gasteiger partial charge on any atom is -0.294 e. The summed E-state index contributed by atoms with van der Waals surface area (Å²) < 4.78 is 26.0. The Bertz CT molecular complexity index is 377. The van der Waals surface area contributed by atoms with Crippen LogP contribution in [-0.4, -0.2) is 5.78 Å². The highest BCUT2D eigenvalue weighted by Gasteiger charge is 2.17. The SMILES string of the molecule is CC(=O)c1c(F)cc(F)c(Br)c1Br. The maximum atomic E-state index is 13.0. The summed E-state index contributed by atoms with van der Waals surface area (Å²) in [6.07, 6.45) is 0. The molecule has 0 atom stereocenters. The number of carbonyl (C=O) groups excluding carboxylic acids is 1. The van der Waals surface area contributed by atoms with Crippen LogP contribution < -0.4 is 0 Å². The van der Waals surface area contributed by atoms with Crippen LogP contribution in [-0.2, 0) is 0 Å². The lowest BCUT2D eigenvalue weighted by Crippen LogP contribution is -2.00. The van der Waals surface area contributed by atoms with E-state index in [0.717, 1.165) is 0 Å². The lowest BCUT2D eigenvalue weighted by atomic mass is 10.1. The summed E-state index contributed by atoms with van der Waals surface area (Å²) in [5, 5.41) is 0. The van der Waals surface area contributed by atoms with Gasteiger partial charge in [0.2, 0.25) is 0 Å². The van der Waals surface area contributed by atoms with Crippen LogP contribution in [0.3, 0.4) is 0 Å². The Kier molecular flexibility index (Phi) is 3.18. The number of hydrogen-bond acceptors (Lipinski definition) is 1. The van der Waals surface area contributed by atoms with E-state index in [4.69, 9.17) is 0 Å². The Morgan fingerprint density at radius 3 is 2.23 bits per heavy atom. The first-order valence-electron chi connectivity index (χ1n) is 3.29. The van der Waals surface area contributed by atoms with Crippen molar-refractivity contribution in [3.8, 4) is 0 Å². The summed E-state index contributed by atoms with van der Waals surface area (Å²) in [7, 11) is 0. The fourth-order valence-corrected chi connectivity index (χ4v) is 1.86. The van der Waals surface area contributed by atoms with Crippen molar-refractivity contribution < 1.29 is 13.6 Å². The number of Topliss-reactive ketones (excluding diaryl/α,β-unsaturated/α-hetero) is 1. The zero-order valence-electron chi connectivity index (χ0n) is 6.50. The second kappa shape index (κ2) is 3.84. The van der Waals surface area contributed by atoms with Gasteiger partial charge in [0.05, 0.1) is 10.0 Å². The van der Waals surface area contributed by atoms with Gasteiger partial charge in [0.15, 0.2) is 5.78 Å². The number of rotatable bonds is 1. The van der Waals surface area contributed by atoms with Crippen LogP contribution in [0.25, 0.3) is 0 Å².